The van der Waals surface area contributed by atoms with E-state index >= 15 is 0 Å². The Bertz CT molecular complexity index is 268. The van der Waals surface area contributed by atoms with Gasteiger partial charge in [-0.05, 0) is 30.0 Å². The van der Waals surface area contributed by atoms with Crippen LogP contribution in [-0.2, 0) is 13.0 Å². The smallest absolute Gasteiger partial charge is 0.0261 e. The lowest BCUT2D eigenvalue weighted by atomic mass is 10.1. The van der Waals surface area contributed by atoms with Crippen molar-refractivity contribution >= 4 is 11.6 Å². The summed E-state index contributed by atoms with van der Waals surface area (Å²) in [6, 6.07) is 8.78. The molecular formula is C13H20ClN. The van der Waals surface area contributed by atoms with E-state index in [1.165, 1.54) is 11.1 Å². The highest BCUT2D eigenvalue weighted by Gasteiger charge is 1.99. The second kappa shape index (κ2) is 6.86. The van der Waals surface area contributed by atoms with Gasteiger partial charge in [-0.1, -0.05) is 38.1 Å². The van der Waals surface area contributed by atoms with Crippen molar-refractivity contribution < 1.29 is 0 Å². The largest absolute Gasteiger partial charge is 0.312 e. The van der Waals surface area contributed by atoms with Crippen LogP contribution in [0.3, 0.4) is 0 Å². The molecule has 0 aliphatic rings. The third-order valence-electron chi connectivity index (χ3n) is 2.52. The van der Waals surface area contributed by atoms with Crippen molar-refractivity contribution in [3.8, 4) is 0 Å². The van der Waals surface area contributed by atoms with Gasteiger partial charge in [-0.15, -0.1) is 11.6 Å². The molecule has 1 unspecified atom stereocenters. The van der Waals surface area contributed by atoms with Gasteiger partial charge in [0.05, 0.1) is 0 Å². The second-order valence-electron chi connectivity index (χ2n) is 4.06. The molecule has 0 heterocycles. The minimum Gasteiger partial charge on any atom is -0.312 e. The molecule has 0 bridgehead atoms. The van der Waals surface area contributed by atoms with Crippen LogP contribution >= 0.6 is 11.6 Å². The number of hydrogen-bond acceptors (Lipinski definition) is 1. The molecule has 1 aromatic rings. The van der Waals surface area contributed by atoms with Crippen molar-refractivity contribution in [2.75, 3.05) is 12.4 Å². The second-order valence-corrected chi connectivity index (χ2v) is 4.37. The first-order valence-corrected chi connectivity index (χ1v) is 6.14. The molecule has 0 aliphatic heterocycles. The summed E-state index contributed by atoms with van der Waals surface area (Å²) >= 11 is 5.73. The third-order valence-corrected chi connectivity index (χ3v) is 3.04. The average molecular weight is 226 g/mol. The predicted molar refractivity (Wildman–Crippen MR) is 67.4 cm³/mol. The Morgan fingerprint density at radius 1 is 1.20 bits per heavy atom. The van der Waals surface area contributed by atoms with E-state index in [0.717, 1.165) is 25.4 Å². The third kappa shape index (κ3) is 4.67. The molecule has 1 rings (SSSR count). The van der Waals surface area contributed by atoms with E-state index in [4.69, 9.17) is 11.6 Å². The van der Waals surface area contributed by atoms with Gasteiger partial charge in [-0.25, -0.2) is 0 Å². The average Bonchev–Trinajstić information content (AvgIpc) is 2.29. The normalized spacial score (nSPS) is 12.7. The Balaban J connectivity index is 2.31. The van der Waals surface area contributed by atoms with Crippen LogP contribution in [0.5, 0.6) is 0 Å². The van der Waals surface area contributed by atoms with Crippen LogP contribution in [0.15, 0.2) is 24.3 Å². The summed E-state index contributed by atoms with van der Waals surface area (Å²) in [5.74, 6) is 1.27. The van der Waals surface area contributed by atoms with E-state index in [0.29, 0.717) is 5.92 Å². The monoisotopic (exact) mass is 225 g/mol. The highest BCUT2D eigenvalue weighted by molar-refractivity contribution is 6.18. The van der Waals surface area contributed by atoms with Gasteiger partial charge in [-0.3, -0.25) is 0 Å². The molecule has 1 N–H and O–H groups in total. The number of benzene rings is 1. The van der Waals surface area contributed by atoms with Crippen molar-refractivity contribution in [1.29, 1.82) is 0 Å². The zero-order valence-electron chi connectivity index (χ0n) is 9.59. The maximum absolute atomic E-state index is 5.73. The maximum Gasteiger partial charge on any atom is 0.0261 e. The van der Waals surface area contributed by atoms with Gasteiger partial charge in [-0.2, -0.15) is 0 Å². The first-order chi connectivity index (χ1) is 7.26. The predicted octanol–water partition coefficient (Wildman–Crippen LogP) is 3.21. The molecule has 2 heteroatoms. The van der Waals surface area contributed by atoms with Gasteiger partial charge in [0, 0.05) is 12.4 Å². The van der Waals surface area contributed by atoms with Gasteiger partial charge in [0.1, 0.15) is 0 Å². The first-order valence-electron chi connectivity index (χ1n) is 5.60. The number of halogens is 1. The molecule has 84 valence electrons. The molecule has 15 heavy (non-hydrogen) atoms. The minimum atomic E-state index is 0.543. The minimum absolute atomic E-state index is 0.543. The Labute approximate surface area is 97.8 Å². The lowest BCUT2D eigenvalue weighted by molar-refractivity contribution is 0.557. The van der Waals surface area contributed by atoms with E-state index in [1.807, 2.05) is 0 Å². The molecule has 0 aliphatic carbocycles. The summed E-state index contributed by atoms with van der Waals surface area (Å²) in [5.41, 5.74) is 2.74. The molecule has 1 aromatic carbocycles. The lowest BCUT2D eigenvalue weighted by Gasteiger charge is -2.09. The molecule has 1 atom stereocenters. The van der Waals surface area contributed by atoms with Gasteiger partial charge >= 0.3 is 0 Å². The first kappa shape index (κ1) is 12.5. The lowest BCUT2D eigenvalue weighted by Crippen LogP contribution is -2.21. The summed E-state index contributed by atoms with van der Waals surface area (Å²) in [5, 5.41) is 3.41. The van der Waals surface area contributed by atoms with Crippen molar-refractivity contribution in [1.82, 2.24) is 5.32 Å². The van der Waals surface area contributed by atoms with Crippen LogP contribution in [-0.4, -0.2) is 12.4 Å². The molecule has 0 saturated heterocycles. The van der Waals surface area contributed by atoms with Gasteiger partial charge < -0.3 is 5.32 Å². The van der Waals surface area contributed by atoms with Crippen LogP contribution < -0.4 is 5.32 Å². The summed E-state index contributed by atoms with van der Waals surface area (Å²) in [4.78, 5) is 0. The quantitative estimate of drug-likeness (QED) is 0.734. The van der Waals surface area contributed by atoms with Crippen molar-refractivity contribution in [2.24, 2.45) is 5.92 Å². The number of nitrogens with one attached hydrogen (secondary N) is 1. The molecule has 0 fully saturated rings. The van der Waals surface area contributed by atoms with Gasteiger partial charge in [0.25, 0.3) is 0 Å². The molecule has 0 radical (unpaired) electrons. The number of aryl methyl sites for hydroxylation is 1. The number of rotatable bonds is 6. The van der Waals surface area contributed by atoms with Gasteiger partial charge in [0.2, 0.25) is 0 Å². The van der Waals surface area contributed by atoms with Crippen LogP contribution in [0.4, 0.5) is 0 Å². The fourth-order valence-electron chi connectivity index (χ4n) is 1.41. The number of hydrogen-bond donors (Lipinski definition) is 1. The molecule has 1 nitrogen and oxygen atoms in total. The Morgan fingerprint density at radius 2 is 1.80 bits per heavy atom. The Kier molecular flexibility index (Phi) is 5.74. The van der Waals surface area contributed by atoms with Crippen molar-refractivity contribution in [3.63, 3.8) is 0 Å². The molecular weight excluding hydrogens is 206 g/mol. The Hall–Kier alpha value is -0.530. The fraction of sp³-hybridized carbons (Fsp3) is 0.538. The zero-order valence-corrected chi connectivity index (χ0v) is 10.3. The van der Waals surface area contributed by atoms with Gasteiger partial charge in [0.15, 0.2) is 0 Å². The Morgan fingerprint density at radius 3 is 2.33 bits per heavy atom. The highest BCUT2D eigenvalue weighted by Crippen LogP contribution is 2.05. The molecule has 0 spiro atoms. The molecule has 0 amide bonds. The molecule has 0 aromatic heterocycles. The highest BCUT2D eigenvalue weighted by atomic mass is 35.5. The summed E-state index contributed by atoms with van der Waals surface area (Å²) < 4.78 is 0. The van der Waals surface area contributed by atoms with Crippen molar-refractivity contribution in [3.05, 3.63) is 35.4 Å². The van der Waals surface area contributed by atoms with E-state index in [-0.39, 0.29) is 0 Å². The topological polar surface area (TPSA) is 12.0 Å². The number of alkyl halides is 1. The SMILES string of the molecule is CCc1ccc(CNCC(C)CCl)cc1. The maximum atomic E-state index is 5.73. The summed E-state index contributed by atoms with van der Waals surface area (Å²) in [6.45, 7) is 6.25. The van der Waals surface area contributed by atoms with Crippen LogP contribution in [0.25, 0.3) is 0 Å². The van der Waals surface area contributed by atoms with Crippen molar-refractivity contribution in [2.45, 2.75) is 26.8 Å². The summed E-state index contributed by atoms with van der Waals surface area (Å²) in [7, 11) is 0. The summed E-state index contributed by atoms with van der Waals surface area (Å²) in [6.07, 6.45) is 1.11. The van der Waals surface area contributed by atoms with E-state index in [9.17, 15) is 0 Å². The standard InChI is InChI=1S/C13H20ClN/c1-3-12-4-6-13(7-5-12)10-15-9-11(2)8-14/h4-7,11,15H,3,8-10H2,1-2H3. The van der Waals surface area contributed by atoms with E-state index < -0.39 is 0 Å². The molecule has 0 saturated carbocycles. The zero-order chi connectivity index (χ0) is 11.1. The van der Waals surface area contributed by atoms with Crippen LogP contribution in [0.1, 0.15) is 25.0 Å². The van der Waals surface area contributed by atoms with Crippen LogP contribution in [0.2, 0.25) is 0 Å². The van der Waals surface area contributed by atoms with E-state index in [1.54, 1.807) is 0 Å². The van der Waals surface area contributed by atoms with Crippen LogP contribution in [0, 0.1) is 5.92 Å². The fourth-order valence-corrected chi connectivity index (χ4v) is 1.52. The van der Waals surface area contributed by atoms with E-state index in [2.05, 4.69) is 43.4 Å².